The van der Waals surface area contributed by atoms with Crippen LogP contribution in [0.15, 0.2) is 81.9 Å². The van der Waals surface area contributed by atoms with Crippen LogP contribution in [0.3, 0.4) is 0 Å². The van der Waals surface area contributed by atoms with E-state index in [9.17, 15) is 4.79 Å². The largest absolute Gasteiger partial charge is 0.324 e. The molecule has 1 aromatic heterocycles. The highest BCUT2D eigenvalue weighted by molar-refractivity contribution is 8.00. The average Bonchev–Trinajstić information content (AvgIpc) is 2.64. The van der Waals surface area contributed by atoms with Gasteiger partial charge in [-0.25, -0.2) is 9.97 Å². The molecule has 0 saturated heterocycles. The van der Waals surface area contributed by atoms with Gasteiger partial charge in [0.15, 0.2) is 5.16 Å². The third kappa shape index (κ3) is 5.49. The first-order chi connectivity index (χ1) is 12.2. The van der Waals surface area contributed by atoms with Crippen LogP contribution in [-0.2, 0) is 4.79 Å². The van der Waals surface area contributed by atoms with Crippen molar-refractivity contribution >= 4 is 46.7 Å². The predicted octanol–water partition coefficient (Wildman–Crippen LogP) is 5.01. The van der Waals surface area contributed by atoms with Crippen molar-refractivity contribution < 1.29 is 4.79 Å². The third-order valence-corrected chi connectivity index (χ3v) is 5.29. The molecule has 0 atom stereocenters. The summed E-state index contributed by atoms with van der Waals surface area (Å²) in [4.78, 5) is 22.4. The van der Waals surface area contributed by atoms with Gasteiger partial charge >= 0.3 is 0 Å². The number of amides is 1. The molecule has 1 N–H and O–H groups in total. The number of carbonyl (C=O) groups is 1. The zero-order chi connectivity index (χ0) is 17.5. The van der Waals surface area contributed by atoms with Gasteiger partial charge in [-0.3, -0.25) is 4.79 Å². The molecule has 0 saturated carbocycles. The van der Waals surface area contributed by atoms with E-state index >= 15 is 0 Å². The first kappa shape index (κ1) is 17.8. The number of aromatic nitrogens is 2. The molecule has 0 aliphatic carbocycles. The van der Waals surface area contributed by atoms with Gasteiger partial charge in [0, 0.05) is 27.2 Å². The van der Waals surface area contributed by atoms with Crippen molar-refractivity contribution in [3.63, 3.8) is 0 Å². The Labute approximate surface area is 159 Å². The molecule has 0 unspecified atom stereocenters. The minimum atomic E-state index is -0.0957. The van der Waals surface area contributed by atoms with Crippen LogP contribution in [0.1, 0.15) is 0 Å². The minimum Gasteiger partial charge on any atom is -0.324 e. The SMILES string of the molecule is O=C(CSc1ncccn1)Nc1ccccc1Sc1ccc(Cl)cc1. The first-order valence-electron chi connectivity index (χ1n) is 7.43. The maximum absolute atomic E-state index is 12.2. The number of para-hydroxylation sites is 1. The summed E-state index contributed by atoms with van der Waals surface area (Å²) in [5.41, 5.74) is 0.780. The van der Waals surface area contributed by atoms with Crippen LogP contribution in [0.25, 0.3) is 0 Å². The standard InChI is InChI=1S/C18H14ClN3OS2/c19-13-6-8-14(9-7-13)25-16-5-2-1-4-15(16)22-17(23)12-24-18-20-10-3-11-21-18/h1-11H,12H2,(H,22,23). The Morgan fingerprint density at radius 3 is 2.48 bits per heavy atom. The molecule has 25 heavy (non-hydrogen) atoms. The van der Waals surface area contributed by atoms with Crippen LogP contribution in [0.2, 0.25) is 5.02 Å². The van der Waals surface area contributed by atoms with E-state index in [-0.39, 0.29) is 11.7 Å². The molecule has 0 aliphatic heterocycles. The summed E-state index contributed by atoms with van der Waals surface area (Å²) in [6, 6.07) is 17.1. The van der Waals surface area contributed by atoms with Crippen LogP contribution in [0, 0.1) is 0 Å². The van der Waals surface area contributed by atoms with Gasteiger partial charge in [0.05, 0.1) is 11.4 Å². The lowest BCUT2D eigenvalue weighted by Crippen LogP contribution is -2.14. The van der Waals surface area contributed by atoms with Crippen LogP contribution in [0.5, 0.6) is 0 Å². The van der Waals surface area contributed by atoms with Gasteiger partial charge in [0.1, 0.15) is 0 Å². The van der Waals surface area contributed by atoms with E-state index in [0.717, 1.165) is 15.5 Å². The minimum absolute atomic E-state index is 0.0957. The lowest BCUT2D eigenvalue weighted by Gasteiger charge is -2.10. The highest BCUT2D eigenvalue weighted by atomic mass is 35.5. The molecule has 3 rings (SSSR count). The molecular weight excluding hydrogens is 374 g/mol. The van der Waals surface area contributed by atoms with Gasteiger partial charge in [-0.15, -0.1) is 0 Å². The molecule has 3 aromatic rings. The zero-order valence-corrected chi connectivity index (χ0v) is 15.4. The van der Waals surface area contributed by atoms with E-state index in [4.69, 9.17) is 11.6 Å². The molecule has 126 valence electrons. The van der Waals surface area contributed by atoms with Crippen LogP contribution >= 0.6 is 35.1 Å². The number of nitrogens with one attached hydrogen (secondary N) is 1. The van der Waals surface area contributed by atoms with Crippen molar-refractivity contribution in [3.8, 4) is 0 Å². The van der Waals surface area contributed by atoms with Crippen LogP contribution in [-0.4, -0.2) is 21.6 Å². The molecule has 2 aromatic carbocycles. The second-order valence-electron chi connectivity index (χ2n) is 4.92. The summed E-state index contributed by atoms with van der Waals surface area (Å²) in [6.45, 7) is 0. The van der Waals surface area contributed by atoms with Crippen molar-refractivity contribution in [2.24, 2.45) is 0 Å². The fraction of sp³-hybridized carbons (Fsp3) is 0.0556. The first-order valence-corrected chi connectivity index (χ1v) is 9.61. The number of carbonyl (C=O) groups excluding carboxylic acids is 1. The Morgan fingerprint density at radius 1 is 1.00 bits per heavy atom. The molecule has 4 nitrogen and oxygen atoms in total. The van der Waals surface area contributed by atoms with E-state index in [1.54, 1.807) is 30.2 Å². The average molecular weight is 388 g/mol. The van der Waals surface area contributed by atoms with Gasteiger partial charge in [0.25, 0.3) is 0 Å². The van der Waals surface area contributed by atoms with E-state index in [1.165, 1.54) is 11.8 Å². The van der Waals surface area contributed by atoms with Gasteiger partial charge in [-0.2, -0.15) is 0 Å². The van der Waals surface area contributed by atoms with Gasteiger partial charge in [-0.05, 0) is 42.5 Å². The zero-order valence-electron chi connectivity index (χ0n) is 13.1. The Balaban J connectivity index is 1.64. The summed E-state index contributed by atoms with van der Waals surface area (Å²) < 4.78 is 0. The highest BCUT2D eigenvalue weighted by Gasteiger charge is 2.09. The summed E-state index contributed by atoms with van der Waals surface area (Å²) in [7, 11) is 0. The maximum atomic E-state index is 12.2. The molecule has 0 fully saturated rings. The Morgan fingerprint density at radius 2 is 1.72 bits per heavy atom. The summed E-state index contributed by atoms with van der Waals surface area (Å²) in [5.74, 6) is 0.158. The normalized spacial score (nSPS) is 10.4. The number of benzene rings is 2. The number of halogens is 1. The molecular formula is C18H14ClN3OS2. The van der Waals surface area contributed by atoms with Gasteiger partial charge in [-0.1, -0.05) is 47.3 Å². The summed E-state index contributed by atoms with van der Waals surface area (Å²) in [6.07, 6.45) is 3.32. The quantitative estimate of drug-likeness (QED) is 0.475. The number of nitrogens with zero attached hydrogens (tertiary/aromatic N) is 2. The number of anilines is 1. The van der Waals surface area contributed by atoms with E-state index in [2.05, 4.69) is 15.3 Å². The molecule has 7 heteroatoms. The Kier molecular flexibility index (Phi) is 6.33. The number of hydrogen-bond donors (Lipinski definition) is 1. The second kappa shape index (κ2) is 8.89. The van der Waals surface area contributed by atoms with E-state index in [0.29, 0.717) is 10.2 Å². The molecule has 1 amide bonds. The lowest BCUT2D eigenvalue weighted by molar-refractivity contribution is -0.113. The smallest absolute Gasteiger partial charge is 0.234 e. The fourth-order valence-electron chi connectivity index (χ4n) is 1.96. The number of rotatable bonds is 6. The monoisotopic (exact) mass is 387 g/mol. The predicted molar refractivity (Wildman–Crippen MR) is 103 cm³/mol. The summed E-state index contributed by atoms with van der Waals surface area (Å²) >= 11 is 8.80. The summed E-state index contributed by atoms with van der Waals surface area (Å²) in [5, 5.41) is 4.23. The fourth-order valence-corrected chi connectivity index (χ4v) is 3.60. The topological polar surface area (TPSA) is 54.9 Å². The van der Waals surface area contributed by atoms with Crippen molar-refractivity contribution in [2.45, 2.75) is 14.9 Å². The Bertz CT molecular complexity index is 844. The maximum Gasteiger partial charge on any atom is 0.234 e. The van der Waals surface area contributed by atoms with Crippen molar-refractivity contribution in [1.82, 2.24) is 9.97 Å². The number of thioether (sulfide) groups is 1. The van der Waals surface area contributed by atoms with Crippen molar-refractivity contribution in [2.75, 3.05) is 11.1 Å². The molecule has 1 heterocycles. The molecule has 0 spiro atoms. The van der Waals surface area contributed by atoms with Crippen LogP contribution in [0.4, 0.5) is 5.69 Å². The van der Waals surface area contributed by atoms with E-state index < -0.39 is 0 Å². The lowest BCUT2D eigenvalue weighted by atomic mass is 10.3. The Hall–Kier alpha value is -2.02. The number of hydrogen-bond acceptors (Lipinski definition) is 5. The third-order valence-electron chi connectivity index (χ3n) is 3.08. The van der Waals surface area contributed by atoms with Gasteiger partial charge in [0.2, 0.25) is 5.91 Å². The molecule has 0 radical (unpaired) electrons. The van der Waals surface area contributed by atoms with Crippen molar-refractivity contribution in [3.05, 3.63) is 72.0 Å². The molecule has 0 bridgehead atoms. The molecule has 0 aliphatic rings. The van der Waals surface area contributed by atoms with E-state index in [1.807, 2.05) is 48.5 Å². The van der Waals surface area contributed by atoms with Crippen LogP contribution < -0.4 is 5.32 Å². The highest BCUT2D eigenvalue weighted by Crippen LogP contribution is 2.34. The second-order valence-corrected chi connectivity index (χ2v) is 7.41. The van der Waals surface area contributed by atoms with Crippen molar-refractivity contribution in [1.29, 1.82) is 0 Å². The van der Waals surface area contributed by atoms with Gasteiger partial charge < -0.3 is 5.32 Å².